The number of aromatic nitrogens is 1. The minimum atomic E-state index is -0.0652. The molecule has 0 atom stereocenters. The summed E-state index contributed by atoms with van der Waals surface area (Å²) in [7, 11) is 0. The van der Waals surface area contributed by atoms with E-state index in [0.717, 1.165) is 60.6 Å². The van der Waals surface area contributed by atoms with Crippen molar-refractivity contribution in [2.24, 2.45) is 0 Å². The predicted molar refractivity (Wildman–Crippen MR) is 117 cm³/mol. The minimum absolute atomic E-state index is 0.0652. The van der Waals surface area contributed by atoms with Crippen molar-refractivity contribution in [3.8, 4) is 11.3 Å². The fourth-order valence-electron chi connectivity index (χ4n) is 3.73. The number of carbonyl (C=O) groups excluding carboxylic acids is 1. The van der Waals surface area contributed by atoms with Crippen molar-refractivity contribution in [3.05, 3.63) is 64.7 Å². The normalized spacial score (nSPS) is 14.8. The van der Waals surface area contributed by atoms with Gasteiger partial charge in [-0.15, -0.1) is 0 Å². The van der Waals surface area contributed by atoms with E-state index in [0.29, 0.717) is 17.1 Å². The Morgan fingerprint density at radius 1 is 1.14 bits per heavy atom. The lowest BCUT2D eigenvalue weighted by molar-refractivity contribution is 0.0383. The third-order valence-corrected chi connectivity index (χ3v) is 5.55. The van der Waals surface area contributed by atoms with Gasteiger partial charge in [-0.05, 0) is 30.7 Å². The first-order chi connectivity index (χ1) is 14.1. The topological polar surface area (TPSA) is 54.5 Å². The molecule has 150 valence electrons. The second-order valence-electron chi connectivity index (χ2n) is 7.19. The summed E-state index contributed by atoms with van der Waals surface area (Å²) in [6.45, 7) is 6.72. The summed E-state index contributed by atoms with van der Waals surface area (Å²) in [5, 5.41) is 4.64. The third kappa shape index (κ3) is 4.42. The smallest absolute Gasteiger partial charge is 0.252 e. The molecule has 1 aliphatic rings. The fraction of sp³-hybridized carbons (Fsp3) is 0.304. The lowest BCUT2D eigenvalue weighted by Crippen LogP contribution is -2.41. The molecule has 0 unspecified atom stereocenters. The Morgan fingerprint density at radius 2 is 1.86 bits per heavy atom. The number of pyridine rings is 1. The maximum Gasteiger partial charge on any atom is 0.252 e. The second-order valence-corrected chi connectivity index (χ2v) is 7.63. The summed E-state index contributed by atoms with van der Waals surface area (Å²) >= 11 is 6.04. The number of morpholine rings is 1. The number of hydrogen-bond donors (Lipinski definition) is 1. The van der Waals surface area contributed by atoms with Gasteiger partial charge in [0.1, 0.15) is 0 Å². The molecule has 0 spiro atoms. The minimum Gasteiger partial charge on any atom is -0.379 e. The number of para-hydroxylation sites is 1. The third-order valence-electron chi connectivity index (χ3n) is 5.30. The molecule has 0 bridgehead atoms. The summed E-state index contributed by atoms with van der Waals surface area (Å²) < 4.78 is 5.38. The summed E-state index contributed by atoms with van der Waals surface area (Å²) in [6.07, 6.45) is 0. The van der Waals surface area contributed by atoms with Crippen LogP contribution in [0.25, 0.3) is 22.2 Å². The van der Waals surface area contributed by atoms with Crippen LogP contribution in [0.5, 0.6) is 0 Å². The van der Waals surface area contributed by atoms with Crippen molar-refractivity contribution in [1.82, 2.24) is 15.2 Å². The van der Waals surface area contributed by atoms with Crippen molar-refractivity contribution in [1.29, 1.82) is 0 Å². The molecule has 0 aliphatic carbocycles. The standard InChI is InChI=1S/C23H24ClN3O2/c1-16-21(23(28)25-10-11-27-12-14-29-15-13-27)19-4-2-3-5-20(19)26-22(16)17-6-8-18(24)9-7-17/h2-9H,10-15H2,1H3,(H,25,28). The number of rotatable bonds is 5. The summed E-state index contributed by atoms with van der Waals surface area (Å²) in [6, 6.07) is 15.3. The van der Waals surface area contributed by atoms with Gasteiger partial charge in [0.05, 0.1) is 30.0 Å². The predicted octanol–water partition coefficient (Wildman–Crippen LogP) is 3.93. The van der Waals surface area contributed by atoms with Gasteiger partial charge in [-0.3, -0.25) is 9.69 Å². The number of halogens is 1. The molecule has 2 aromatic carbocycles. The number of benzene rings is 2. The van der Waals surface area contributed by atoms with Crippen molar-refractivity contribution in [3.63, 3.8) is 0 Å². The maximum absolute atomic E-state index is 13.2. The van der Waals surface area contributed by atoms with E-state index in [4.69, 9.17) is 21.3 Å². The highest BCUT2D eigenvalue weighted by molar-refractivity contribution is 6.30. The van der Waals surface area contributed by atoms with Gasteiger partial charge >= 0.3 is 0 Å². The molecule has 3 aromatic rings. The molecule has 6 heteroatoms. The first-order valence-electron chi connectivity index (χ1n) is 9.87. The number of hydrogen-bond acceptors (Lipinski definition) is 4. The number of amides is 1. The zero-order valence-electron chi connectivity index (χ0n) is 16.5. The van der Waals surface area contributed by atoms with Gasteiger partial charge in [0.2, 0.25) is 0 Å². The fourth-order valence-corrected chi connectivity index (χ4v) is 3.86. The summed E-state index contributed by atoms with van der Waals surface area (Å²) in [5.74, 6) is -0.0652. The number of nitrogens with zero attached hydrogens (tertiary/aromatic N) is 2. The molecule has 1 saturated heterocycles. The van der Waals surface area contributed by atoms with Gasteiger partial charge < -0.3 is 10.1 Å². The Hall–Kier alpha value is -2.47. The summed E-state index contributed by atoms with van der Waals surface area (Å²) in [4.78, 5) is 20.3. The number of ether oxygens (including phenoxy) is 1. The van der Waals surface area contributed by atoms with Gasteiger partial charge in [0.15, 0.2) is 0 Å². The average molecular weight is 410 g/mol. The largest absolute Gasteiger partial charge is 0.379 e. The van der Waals surface area contributed by atoms with Crippen LogP contribution >= 0.6 is 11.6 Å². The van der Waals surface area contributed by atoms with Crippen LogP contribution in [0, 0.1) is 6.92 Å². The van der Waals surface area contributed by atoms with E-state index < -0.39 is 0 Å². The van der Waals surface area contributed by atoms with Crippen molar-refractivity contribution >= 4 is 28.4 Å². The highest BCUT2D eigenvalue weighted by Crippen LogP contribution is 2.30. The molecule has 1 aromatic heterocycles. The number of nitrogens with one attached hydrogen (secondary N) is 1. The van der Waals surface area contributed by atoms with Crippen LogP contribution in [0.15, 0.2) is 48.5 Å². The average Bonchev–Trinajstić information content (AvgIpc) is 2.74. The SMILES string of the molecule is Cc1c(-c2ccc(Cl)cc2)nc2ccccc2c1C(=O)NCCN1CCOCC1. The molecule has 1 N–H and O–H groups in total. The Kier molecular flexibility index (Phi) is 6.09. The monoisotopic (exact) mass is 409 g/mol. The molecule has 2 heterocycles. The molecular weight excluding hydrogens is 386 g/mol. The molecule has 29 heavy (non-hydrogen) atoms. The van der Waals surface area contributed by atoms with Gasteiger partial charge in [0, 0.05) is 42.2 Å². The van der Waals surface area contributed by atoms with Crippen LogP contribution in [0.4, 0.5) is 0 Å². The van der Waals surface area contributed by atoms with Crippen LogP contribution in [0.3, 0.4) is 0 Å². The zero-order valence-corrected chi connectivity index (χ0v) is 17.2. The van der Waals surface area contributed by atoms with Crippen LogP contribution in [0.1, 0.15) is 15.9 Å². The molecule has 4 rings (SSSR count). The van der Waals surface area contributed by atoms with Crippen molar-refractivity contribution in [2.45, 2.75) is 6.92 Å². The molecule has 5 nitrogen and oxygen atoms in total. The Labute approximate surface area is 175 Å². The highest BCUT2D eigenvalue weighted by atomic mass is 35.5. The molecular formula is C23H24ClN3O2. The van der Waals surface area contributed by atoms with Crippen LogP contribution < -0.4 is 5.32 Å². The van der Waals surface area contributed by atoms with Crippen molar-refractivity contribution < 1.29 is 9.53 Å². The first kappa shape index (κ1) is 19.8. The van der Waals surface area contributed by atoms with Gasteiger partial charge in [-0.25, -0.2) is 4.98 Å². The van der Waals surface area contributed by atoms with E-state index in [-0.39, 0.29) is 5.91 Å². The molecule has 0 radical (unpaired) electrons. The molecule has 1 fully saturated rings. The van der Waals surface area contributed by atoms with Crippen LogP contribution in [-0.4, -0.2) is 55.2 Å². The van der Waals surface area contributed by atoms with E-state index in [1.54, 1.807) is 0 Å². The van der Waals surface area contributed by atoms with E-state index >= 15 is 0 Å². The van der Waals surface area contributed by atoms with Crippen LogP contribution in [0.2, 0.25) is 5.02 Å². The molecule has 1 amide bonds. The molecule has 1 aliphatic heterocycles. The Bertz CT molecular complexity index is 1010. The second kappa shape index (κ2) is 8.91. The highest BCUT2D eigenvalue weighted by Gasteiger charge is 2.19. The van der Waals surface area contributed by atoms with E-state index in [1.807, 2.05) is 55.5 Å². The van der Waals surface area contributed by atoms with Gasteiger partial charge in [-0.1, -0.05) is 41.9 Å². The number of fused-ring (bicyclic) bond motifs is 1. The summed E-state index contributed by atoms with van der Waals surface area (Å²) in [5.41, 5.74) is 4.11. The quantitative estimate of drug-likeness (QED) is 0.693. The Morgan fingerprint density at radius 3 is 2.62 bits per heavy atom. The molecule has 0 saturated carbocycles. The number of carbonyl (C=O) groups is 1. The first-order valence-corrected chi connectivity index (χ1v) is 10.2. The maximum atomic E-state index is 13.2. The van der Waals surface area contributed by atoms with Gasteiger partial charge in [-0.2, -0.15) is 0 Å². The zero-order chi connectivity index (χ0) is 20.2. The Balaban J connectivity index is 1.63. The lowest BCUT2D eigenvalue weighted by Gasteiger charge is -2.26. The van der Waals surface area contributed by atoms with E-state index in [9.17, 15) is 4.79 Å². The van der Waals surface area contributed by atoms with Gasteiger partial charge in [0.25, 0.3) is 5.91 Å². The van der Waals surface area contributed by atoms with Crippen molar-refractivity contribution in [2.75, 3.05) is 39.4 Å². The van der Waals surface area contributed by atoms with E-state index in [2.05, 4.69) is 10.2 Å². The van der Waals surface area contributed by atoms with Crippen LogP contribution in [-0.2, 0) is 4.74 Å². The lowest BCUT2D eigenvalue weighted by atomic mass is 9.97. The van der Waals surface area contributed by atoms with E-state index in [1.165, 1.54) is 0 Å².